The summed E-state index contributed by atoms with van der Waals surface area (Å²) in [7, 11) is 0. The molecule has 0 N–H and O–H groups in total. The first-order chi connectivity index (χ1) is 11.1. The predicted octanol–water partition coefficient (Wildman–Crippen LogP) is 2.91. The Morgan fingerprint density at radius 2 is 1.87 bits per heavy atom. The number of hydrogen-bond acceptors (Lipinski definition) is 4. The summed E-state index contributed by atoms with van der Waals surface area (Å²) in [6.45, 7) is 0. The Bertz CT molecular complexity index is 774. The molecule has 5 nitrogen and oxygen atoms in total. The molecule has 0 spiro atoms. The Morgan fingerprint density at radius 3 is 2.61 bits per heavy atom. The Kier molecular flexibility index (Phi) is 4.14. The molecule has 0 saturated carbocycles. The van der Waals surface area contributed by atoms with Crippen LogP contribution in [0.5, 0.6) is 5.75 Å². The number of anilines is 1. The zero-order valence-electron chi connectivity index (χ0n) is 12.1. The molecule has 116 valence electrons. The van der Waals surface area contributed by atoms with Crippen molar-refractivity contribution < 1.29 is 18.7 Å². The van der Waals surface area contributed by atoms with E-state index in [0.717, 1.165) is 6.07 Å². The maximum absolute atomic E-state index is 13.1. The number of hydrazone groups is 1. The van der Waals surface area contributed by atoms with Crippen LogP contribution in [0.4, 0.5) is 10.1 Å². The van der Waals surface area contributed by atoms with Gasteiger partial charge in [0.2, 0.25) is 5.91 Å². The van der Waals surface area contributed by atoms with Gasteiger partial charge >= 0.3 is 5.97 Å². The van der Waals surface area contributed by atoms with Gasteiger partial charge in [0.15, 0.2) is 0 Å². The number of para-hydroxylation sites is 1. The summed E-state index contributed by atoms with van der Waals surface area (Å²) < 4.78 is 18.2. The molecular formula is C17H13FN2O3. The van der Waals surface area contributed by atoms with Gasteiger partial charge in [0.1, 0.15) is 17.3 Å². The van der Waals surface area contributed by atoms with Crippen LogP contribution in [0.15, 0.2) is 59.7 Å². The number of ether oxygens (including phenoxy) is 1. The molecule has 6 heteroatoms. The van der Waals surface area contributed by atoms with Gasteiger partial charge in [-0.25, -0.2) is 14.2 Å². The van der Waals surface area contributed by atoms with E-state index in [1.807, 2.05) is 6.07 Å². The lowest BCUT2D eigenvalue weighted by molar-refractivity contribution is -0.127. The van der Waals surface area contributed by atoms with E-state index in [0.29, 0.717) is 5.69 Å². The molecule has 1 aliphatic heterocycles. The van der Waals surface area contributed by atoms with Gasteiger partial charge in [-0.1, -0.05) is 24.3 Å². The Balaban J connectivity index is 1.81. The van der Waals surface area contributed by atoms with Crippen molar-refractivity contribution in [3.8, 4) is 5.75 Å². The van der Waals surface area contributed by atoms with Crippen LogP contribution in [-0.4, -0.2) is 17.6 Å². The minimum absolute atomic E-state index is 0.0980. The summed E-state index contributed by atoms with van der Waals surface area (Å²) in [6, 6.07) is 14.1. The zero-order chi connectivity index (χ0) is 16.2. The number of carbonyl (C=O) groups excluding carboxylic acids is 2. The standard InChI is InChI=1S/C17H13FN2O3/c18-12-5-4-8-14(11-12)23-17(22)15-9-10-16(21)20(19-15)13-6-2-1-3-7-13/h1-8,11H,9-10H2. The molecule has 0 atom stereocenters. The molecule has 2 aromatic carbocycles. The lowest BCUT2D eigenvalue weighted by Crippen LogP contribution is -2.35. The van der Waals surface area contributed by atoms with E-state index in [4.69, 9.17) is 4.74 Å². The van der Waals surface area contributed by atoms with E-state index in [1.165, 1.54) is 23.2 Å². The fourth-order valence-electron chi connectivity index (χ4n) is 2.17. The van der Waals surface area contributed by atoms with Crippen LogP contribution in [0, 0.1) is 5.82 Å². The minimum atomic E-state index is -0.691. The monoisotopic (exact) mass is 312 g/mol. The van der Waals surface area contributed by atoms with Crippen molar-refractivity contribution in [1.29, 1.82) is 0 Å². The summed E-state index contributed by atoms with van der Waals surface area (Å²) in [5.74, 6) is -1.29. The molecule has 1 heterocycles. The first-order valence-corrected chi connectivity index (χ1v) is 7.07. The highest BCUT2D eigenvalue weighted by Gasteiger charge is 2.26. The van der Waals surface area contributed by atoms with Gasteiger partial charge in [-0.05, 0) is 24.3 Å². The third kappa shape index (κ3) is 3.42. The number of amides is 1. The Labute approximate surface area is 132 Å². The fourth-order valence-corrected chi connectivity index (χ4v) is 2.17. The quantitative estimate of drug-likeness (QED) is 0.647. The van der Waals surface area contributed by atoms with Crippen LogP contribution in [0.2, 0.25) is 0 Å². The van der Waals surface area contributed by atoms with Crippen molar-refractivity contribution in [2.45, 2.75) is 12.8 Å². The topological polar surface area (TPSA) is 59.0 Å². The highest BCUT2D eigenvalue weighted by Crippen LogP contribution is 2.20. The van der Waals surface area contributed by atoms with E-state index in [1.54, 1.807) is 24.3 Å². The van der Waals surface area contributed by atoms with Crippen molar-refractivity contribution in [3.05, 3.63) is 60.4 Å². The summed E-state index contributed by atoms with van der Waals surface area (Å²) in [5.41, 5.74) is 0.700. The number of hydrogen-bond donors (Lipinski definition) is 0. The molecule has 3 rings (SSSR count). The average Bonchev–Trinajstić information content (AvgIpc) is 2.56. The van der Waals surface area contributed by atoms with Crippen LogP contribution in [0.3, 0.4) is 0 Å². The van der Waals surface area contributed by atoms with Crippen LogP contribution in [-0.2, 0) is 9.59 Å². The summed E-state index contributed by atoms with van der Waals surface area (Å²) in [5, 5.41) is 5.27. The zero-order valence-corrected chi connectivity index (χ0v) is 12.1. The van der Waals surface area contributed by atoms with Gasteiger partial charge in [-0.3, -0.25) is 4.79 Å². The third-order valence-electron chi connectivity index (χ3n) is 3.28. The molecule has 0 aliphatic carbocycles. The molecular weight excluding hydrogens is 299 g/mol. The van der Waals surface area contributed by atoms with Crippen molar-refractivity contribution >= 4 is 23.3 Å². The molecule has 0 aromatic heterocycles. The van der Waals surface area contributed by atoms with Gasteiger partial charge < -0.3 is 4.74 Å². The number of halogens is 1. The van der Waals surface area contributed by atoms with Crippen LogP contribution in [0.1, 0.15) is 12.8 Å². The second-order valence-corrected chi connectivity index (χ2v) is 4.93. The Morgan fingerprint density at radius 1 is 1.09 bits per heavy atom. The molecule has 23 heavy (non-hydrogen) atoms. The van der Waals surface area contributed by atoms with Gasteiger partial charge in [-0.15, -0.1) is 0 Å². The van der Waals surface area contributed by atoms with E-state index in [-0.39, 0.29) is 30.2 Å². The number of nitrogens with zero attached hydrogens (tertiary/aromatic N) is 2. The molecule has 0 bridgehead atoms. The highest BCUT2D eigenvalue weighted by atomic mass is 19.1. The second kappa shape index (κ2) is 6.39. The van der Waals surface area contributed by atoms with Crippen molar-refractivity contribution in [2.24, 2.45) is 5.10 Å². The fraction of sp³-hybridized carbons (Fsp3) is 0.118. The molecule has 0 radical (unpaired) electrons. The molecule has 0 fully saturated rings. The normalized spacial score (nSPS) is 14.4. The smallest absolute Gasteiger partial charge is 0.359 e. The SMILES string of the molecule is O=C(Oc1cccc(F)c1)C1=NN(c2ccccc2)C(=O)CC1. The molecule has 1 amide bonds. The summed E-state index contributed by atoms with van der Waals surface area (Å²) in [4.78, 5) is 24.1. The van der Waals surface area contributed by atoms with E-state index in [2.05, 4.69) is 5.10 Å². The number of esters is 1. The highest BCUT2D eigenvalue weighted by molar-refractivity contribution is 6.38. The lowest BCUT2D eigenvalue weighted by atomic mass is 10.1. The van der Waals surface area contributed by atoms with Crippen LogP contribution in [0.25, 0.3) is 0 Å². The van der Waals surface area contributed by atoms with Gasteiger partial charge in [0.25, 0.3) is 0 Å². The van der Waals surface area contributed by atoms with Crippen molar-refractivity contribution in [3.63, 3.8) is 0 Å². The molecule has 2 aromatic rings. The van der Waals surface area contributed by atoms with Crippen molar-refractivity contribution in [2.75, 3.05) is 5.01 Å². The van der Waals surface area contributed by atoms with Crippen molar-refractivity contribution in [1.82, 2.24) is 0 Å². The molecule has 0 unspecified atom stereocenters. The van der Waals surface area contributed by atoms with Crippen LogP contribution >= 0.6 is 0 Å². The number of rotatable bonds is 3. The first kappa shape index (κ1) is 14.9. The van der Waals surface area contributed by atoms with E-state index < -0.39 is 11.8 Å². The number of carbonyl (C=O) groups is 2. The largest absolute Gasteiger partial charge is 0.422 e. The Hall–Kier alpha value is -3.02. The second-order valence-electron chi connectivity index (χ2n) is 4.93. The summed E-state index contributed by atoms with van der Waals surface area (Å²) in [6.07, 6.45) is 0.349. The predicted molar refractivity (Wildman–Crippen MR) is 82.6 cm³/mol. The van der Waals surface area contributed by atoms with E-state index in [9.17, 15) is 14.0 Å². The number of benzene rings is 2. The molecule has 1 aliphatic rings. The maximum Gasteiger partial charge on any atom is 0.359 e. The van der Waals surface area contributed by atoms with Gasteiger partial charge in [0, 0.05) is 18.9 Å². The average molecular weight is 312 g/mol. The molecule has 0 saturated heterocycles. The minimum Gasteiger partial charge on any atom is -0.422 e. The van der Waals surface area contributed by atoms with Gasteiger partial charge in [0.05, 0.1) is 5.69 Å². The van der Waals surface area contributed by atoms with Crippen LogP contribution < -0.4 is 9.75 Å². The third-order valence-corrected chi connectivity index (χ3v) is 3.28. The van der Waals surface area contributed by atoms with E-state index >= 15 is 0 Å². The first-order valence-electron chi connectivity index (χ1n) is 7.07. The van der Waals surface area contributed by atoms with Gasteiger partial charge in [-0.2, -0.15) is 5.10 Å². The maximum atomic E-state index is 13.1. The lowest BCUT2D eigenvalue weighted by Gasteiger charge is -2.22. The summed E-state index contributed by atoms with van der Waals surface area (Å²) >= 11 is 0.